The highest BCUT2D eigenvalue weighted by Crippen LogP contribution is 2.14. The summed E-state index contributed by atoms with van der Waals surface area (Å²) in [6.07, 6.45) is 0. The predicted molar refractivity (Wildman–Crippen MR) is 49.4 cm³/mol. The molecule has 0 amide bonds. The van der Waals surface area contributed by atoms with E-state index >= 15 is 0 Å². The van der Waals surface area contributed by atoms with Crippen LogP contribution in [0.4, 0.5) is 5.13 Å². The highest BCUT2D eigenvalue weighted by Gasteiger charge is 2.07. The van der Waals surface area contributed by atoms with Crippen molar-refractivity contribution >= 4 is 22.4 Å². The van der Waals surface area contributed by atoms with Gasteiger partial charge in [0.1, 0.15) is 0 Å². The van der Waals surface area contributed by atoms with Gasteiger partial charge in [-0.1, -0.05) is 0 Å². The topological polar surface area (TPSA) is 71.5 Å². The average molecular weight is 202 g/mol. The molecule has 2 N–H and O–H groups in total. The maximum absolute atomic E-state index is 10.4. The van der Waals surface area contributed by atoms with Gasteiger partial charge in [0.15, 0.2) is 10.8 Å². The number of rotatable bonds is 5. The van der Waals surface area contributed by atoms with Crippen LogP contribution in [0, 0.1) is 0 Å². The molecule has 13 heavy (non-hydrogen) atoms. The van der Waals surface area contributed by atoms with E-state index in [9.17, 15) is 4.79 Å². The standard InChI is InChI=1S/C7H10N2O3S/c1-12-3-2-8-7-9-5(4-13-7)6(10)11/h4H,2-3H2,1H3,(H,8,9)(H,10,11). The van der Waals surface area contributed by atoms with Gasteiger partial charge in [0.2, 0.25) is 0 Å². The molecule has 0 radical (unpaired) electrons. The highest BCUT2D eigenvalue weighted by atomic mass is 32.1. The van der Waals surface area contributed by atoms with E-state index in [0.29, 0.717) is 18.3 Å². The second-order valence-electron chi connectivity index (χ2n) is 2.26. The number of carboxylic acid groups (broad SMARTS) is 1. The smallest absolute Gasteiger partial charge is 0.355 e. The first kappa shape index (κ1) is 9.94. The summed E-state index contributed by atoms with van der Waals surface area (Å²) < 4.78 is 4.82. The molecule has 0 atom stereocenters. The van der Waals surface area contributed by atoms with Crippen LogP contribution in [0.25, 0.3) is 0 Å². The molecule has 0 saturated heterocycles. The summed E-state index contributed by atoms with van der Waals surface area (Å²) in [5.41, 5.74) is 0.0740. The number of hydrogen-bond acceptors (Lipinski definition) is 5. The second kappa shape index (κ2) is 4.78. The molecular formula is C7H10N2O3S. The lowest BCUT2D eigenvalue weighted by molar-refractivity contribution is 0.0691. The molecule has 0 spiro atoms. The third-order valence-electron chi connectivity index (χ3n) is 1.31. The number of ether oxygens (including phenoxy) is 1. The summed E-state index contributed by atoms with van der Waals surface area (Å²) in [6, 6.07) is 0. The van der Waals surface area contributed by atoms with E-state index in [0.717, 1.165) is 0 Å². The Bertz CT molecular complexity index is 287. The van der Waals surface area contributed by atoms with E-state index in [-0.39, 0.29) is 5.69 Å². The first-order chi connectivity index (χ1) is 6.24. The van der Waals surface area contributed by atoms with E-state index in [1.54, 1.807) is 7.11 Å². The van der Waals surface area contributed by atoms with Gasteiger partial charge in [-0.15, -0.1) is 11.3 Å². The Morgan fingerprint density at radius 1 is 1.85 bits per heavy atom. The molecule has 0 aliphatic rings. The molecule has 1 aromatic heterocycles. The van der Waals surface area contributed by atoms with Crippen molar-refractivity contribution in [2.45, 2.75) is 0 Å². The molecule has 0 bridgehead atoms. The van der Waals surface area contributed by atoms with Crippen LogP contribution in [0.3, 0.4) is 0 Å². The Morgan fingerprint density at radius 3 is 3.15 bits per heavy atom. The monoisotopic (exact) mass is 202 g/mol. The Kier molecular flexibility index (Phi) is 3.66. The van der Waals surface area contributed by atoms with Crippen LogP contribution in [0.5, 0.6) is 0 Å². The Labute approximate surface area is 79.4 Å². The summed E-state index contributed by atoms with van der Waals surface area (Å²) in [4.78, 5) is 14.3. The van der Waals surface area contributed by atoms with Gasteiger partial charge in [-0.05, 0) is 0 Å². The minimum atomic E-state index is -1.00. The van der Waals surface area contributed by atoms with Gasteiger partial charge in [0.25, 0.3) is 0 Å². The van der Waals surface area contributed by atoms with Gasteiger partial charge in [0, 0.05) is 19.0 Å². The molecule has 6 heteroatoms. The van der Waals surface area contributed by atoms with Gasteiger partial charge in [0.05, 0.1) is 6.61 Å². The number of aromatic carboxylic acids is 1. The summed E-state index contributed by atoms with van der Waals surface area (Å²) in [5.74, 6) is -1.00. The molecule has 0 saturated carbocycles. The second-order valence-corrected chi connectivity index (χ2v) is 3.12. The Hall–Kier alpha value is -1.14. The van der Waals surface area contributed by atoms with Crippen molar-refractivity contribution in [1.29, 1.82) is 0 Å². The van der Waals surface area contributed by atoms with E-state index in [1.807, 2.05) is 0 Å². The Balaban J connectivity index is 2.44. The number of nitrogens with zero attached hydrogens (tertiary/aromatic N) is 1. The van der Waals surface area contributed by atoms with Crippen molar-refractivity contribution in [3.8, 4) is 0 Å². The minimum Gasteiger partial charge on any atom is -0.476 e. The number of carbonyl (C=O) groups is 1. The van der Waals surface area contributed by atoms with Crippen LogP contribution in [0.1, 0.15) is 10.5 Å². The van der Waals surface area contributed by atoms with E-state index in [4.69, 9.17) is 9.84 Å². The lowest BCUT2D eigenvalue weighted by Crippen LogP contribution is -2.07. The molecule has 0 fully saturated rings. The van der Waals surface area contributed by atoms with Crippen LogP contribution in [-0.4, -0.2) is 36.3 Å². The van der Waals surface area contributed by atoms with Crippen LogP contribution in [-0.2, 0) is 4.74 Å². The molecule has 5 nitrogen and oxygen atoms in total. The zero-order valence-corrected chi connectivity index (χ0v) is 7.93. The molecule has 1 aromatic rings. The molecule has 0 unspecified atom stereocenters. The van der Waals surface area contributed by atoms with Gasteiger partial charge in [-0.2, -0.15) is 0 Å². The largest absolute Gasteiger partial charge is 0.476 e. The van der Waals surface area contributed by atoms with Crippen LogP contribution in [0.2, 0.25) is 0 Å². The van der Waals surface area contributed by atoms with Gasteiger partial charge < -0.3 is 15.2 Å². The lowest BCUT2D eigenvalue weighted by atomic mass is 10.5. The average Bonchev–Trinajstić information content (AvgIpc) is 2.53. The SMILES string of the molecule is COCCNc1nc(C(=O)O)cs1. The number of carboxylic acids is 1. The molecule has 0 aliphatic heterocycles. The number of aromatic nitrogens is 1. The van der Waals surface area contributed by atoms with Crippen molar-refractivity contribution in [2.24, 2.45) is 0 Å². The van der Waals surface area contributed by atoms with Gasteiger partial charge in [-0.25, -0.2) is 9.78 Å². The van der Waals surface area contributed by atoms with E-state index in [1.165, 1.54) is 16.7 Å². The Morgan fingerprint density at radius 2 is 2.62 bits per heavy atom. The van der Waals surface area contributed by atoms with E-state index < -0.39 is 5.97 Å². The maximum atomic E-state index is 10.4. The molecule has 1 heterocycles. The normalized spacial score (nSPS) is 9.92. The van der Waals surface area contributed by atoms with Crippen molar-refractivity contribution in [3.63, 3.8) is 0 Å². The fourth-order valence-electron chi connectivity index (χ4n) is 0.713. The lowest BCUT2D eigenvalue weighted by Gasteiger charge is -1.99. The first-order valence-electron chi connectivity index (χ1n) is 3.65. The summed E-state index contributed by atoms with van der Waals surface area (Å²) in [5, 5.41) is 13.6. The molecule has 0 aliphatic carbocycles. The highest BCUT2D eigenvalue weighted by molar-refractivity contribution is 7.13. The third-order valence-corrected chi connectivity index (χ3v) is 2.11. The fourth-order valence-corrected chi connectivity index (χ4v) is 1.43. The van der Waals surface area contributed by atoms with Crippen molar-refractivity contribution in [3.05, 3.63) is 11.1 Å². The maximum Gasteiger partial charge on any atom is 0.355 e. The number of thiazole rings is 1. The van der Waals surface area contributed by atoms with Crippen LogP contribution < -0.4 is 5.32 Å². The van der Waals surface area contributed by atoms with Crippen LogP contribution in [0.15, 0.2) is 5.38 Å². The summed E-state index contributed by atoms with van der Waals surface area (Å²) >= 11 is 1.27. The summed E-state index contributed by atoms with van der Waals surface area (Å²) in [7, 11) is 1.60. The minimum absolute atomic E-state index is 0.0740. The predicted octanol–water partition coefficient (Wildman–Crippen LogP) is 0.900. The first-order valence-corrected chi connectivity index (χ1v) is 4.53. The zero-order valence-electron chi connectivity index (χ0n) is 7.11. The third kappa shape index (κ3) is 3.00. The zero-order chi connectivity index (χ0) is 9.68. The molecule has 72 valence electrons. The van der Waals surface area contributed by atoms with Gasteiger partial charge in [-0.3, -0.25) is 0 Å². The van der Waals surface area contributed by atoms with Gasteiger partial charge >= 0.3 is 5.97 Å². The summed E-state index contributed by atoms with van der Waals surface area (Å²) in [6.45, 7) is 1.20. The van der Waals surface area contributed by atoms with Crippen molar-refractivity contribution < 1.29 is 14.6 Å². The van der Waals surface area contributed by atoms with Crippen molar-refractivity contribution in [2.75, 3.05) is 25.6 Å². The number of methoxy groups -OCH3 is 1. The fraction of sp³-hybridized carbons (Fsp3) is 0.429. The number of nitrogens with one attached hydrogen (secondary N) is 1. The number of hydrogen-bond donors (Lipinski definition) is 2. The molecule has 1 rings (SSSR count). The molecule has 0 aromatic carbocycles. The van der Waals surface area contributed by atoms with Crippen molar-refractivity contribution in [1.82, 2.24) is 4.98 Å². The molecular weight excluding hydrogens is 192 g/mol. The quantitative estimate of drug-likeness (QED) is 0.694. The van der Waals surface area contributed by atoms with E-state index in [2.05, 4.69) is 10.3 Å². The number of anilines is 1. The van der Waals surface area contributed by atoms with Crippen LogP contribution >= 0.6 is 11.3 Å².